The molecule has 0 amide bonds. The van der Waals surface area contributed by atoms with Crippen molar-refractivity contribution in [3.8, 4) is 0 Å². The van der Waals surface area contributed by atoms with Crippen molar-refractivity contribution in [1.29, 1.82) is 0 Å². The second kappa shape index (κ2) is 7.48. The van der Waals surface area contributed by atoms with Crippen LogP contribution in [-0.2, 0) is 6.54 Å². The fourth-order valence-corrected chi connectivity index (χ4v) is 3.70. The van der Waals surface area contributed by atoms with Gasteiger partial charge in [0, 0.05) is 44.0 Å². The van der Waals surface area contributed by atoms with Crippen LogP contribution in [0.2, 0.25) is 0 Å². The van der Waals surface area contributed by atoms with E-state index in [0.29, 0.717) is 12.0 Å². The SMILES string of the molecule is CN(Cc1ccccn1)[C@@H]1CCCN(c2ccnc(C3CC3)n2)CC1. The van der Waals surface area contributed by atoms with Gasteiger partial charge in [0.1, 0.15) is 11.6 Å². The number of aromatic nitrogens is 3. The molecular weight excluding hydrogens is 310 g/mol. The van der Waals surface area contributed by atoms with Gasteiger partial charge in [-0.1, -0.05) is 6.07 Å². The number of hydrogen-bond acceptors (Lipinski definition) is 5. The Kier molecular flexibility index (Phi) is 4.92. The Hall–Kier alpha value is -2.01. The minimum Gasteiger partial charge on any atom is -0.356 e. The van der Waals surface area contributed by atoms with Crippen molar-refractivity contribution in [3.05, 3.63) is 48.2 Å². The number of anilines is 1. The number of rotatable bonds is 5. The minimum atomic E-state index is 0.608. The van der Waals surface area contributed by atoms with Gasteiger partial charge in [-0.05, 0) is 57.4 Å². The molecule has 1 aliphatic carbocycles. The van der Waals surface area contributed by atoms with Gasteiger partial charge in [-0.2, -0.15) is 0 Å². The smallest absolute Gasteiger partial charge is 0.133 e. The molecule has 0 spiro atoms. The zero-order valence-corrected chi connectivity index (χ0v) is 15.0. The molecule has 1 atom stereocenters. The summed E-state index contributed by atoms with van der Waals surface area (Å²) in [7, 11) is 2.23. The van der Waals surface area contributed by atoms with Gasteiger partial charge in [-0.3, -0.25) is 9.88 Å². The highest BCUT2D eigenvalue weighted by atomic mass is 15.2. The van der Waals surface area contributed by atoms with Gasteiger partial charge in [0.25, 0.3) is 0 Å². The Morgan fingerprint density at radius 3 is 2.76 bits per heavy atom. The first-order valence-electron chi connectivity index (χ1n) is 9.47. The van der Waals surface area contributed by atoms with Crippen LogP contribution in [0, 0.1) is 0 Å². The van der Waals surface area contributed by atoms with Gasteiger partial charge in [0.15, 0.2) is 0 Å². The molecule has 0 bridgehead atoms. The largest absolute Gasteiger partial charge is 0.356 e. The highest BCUT2D eigenvalue weighted by molar-refractivity contribution is 5.38. The van der Waals surface area contributed by atoms with Crippen molar-refractivity contribution in [2.75, 3.05) is 25.0 Å². The second-order valence-corrected chi connectivity index (χ2v) is 7.36. The van der Waals surface area contributed by atoms with Gasteiger partial charge >= 0.3 is 0 Å². The molecule has 4 rings (SSSR count). The number of nitrogens with zero attached hydrogens (tertiary/aromatic N) is 5. The fourth-order valence-electron chi connectivity index (χ4n) is 3.70. The Balaban J connectivity index is 1.37. The van der Waals surface area contributed by atoms with E-state index in [1.807, 2.05) is 18.5 Å². The van der Waals surface area contributed by atoms with Crippen LogP contribution in [0.1, 0.15) is 49.5 Å². The van der Waals surface area contributed by atoms with E-state index in [1.165, 1.54) is 32.1 Å². The van der Waals surface area contributed by atoms with Gasteiger partial charge < -0.3 is 4.90 Å². The predicted octanol–water partition coefficient (Wildman–Crippen LogP) is 3.24. The lowest BCUT2D eigenvalue weighted by molar-refractivity contribution is 0.215. The lowest BCUT2D eigenvalue weighted by atomic mass is 10.1. The Bertz CT molecular complexity index is 685. The van der Waals surface area contributed by atoms with E-state index >= 15 is 0 Å². The van der Waals surface area contributed by atoms with Gasteiger partial charge in [-0.15, -0.1) is 0 Å². The van der Waals surface area contributed by atoms with Gasteiger partial charge in [0.2, 0.25) is 0 Å². The molecule has 2 aromatic rings. The quantitative estimate of drug-likeness (QED) is 0.838. The lowest BCUT2D eigenvalue weighted by Gasteiger charge is -2.27. The molecule has 5 nitrogen and oxygen atoms in total. The van der Waals surface area contributed by atoms with E-state index in [0.717, 1.165) is 37.0 Å². The maximum atomic E-state index is 4.83. The molecule has 1 saturated carbocycles. The maximum Gasteiger partial charge on any atom is 0.133 e. The fraction of sp³-hybridized carbons (Fsp3) is 0.550. The van der Waals surface area contributed by atoms with Crippen LogP contribution in [0.15, 0.2) is 36.7 Å². The summed E-state index contributed by atoms with van der Waals surface area (Å²) in [6, 6.07) is 8.84. The van der Waals surface area contributed by atoms with E-state index in [9.17, 15) is 0 Å². The molecule has 2 aromatic heterocycles. The third-order valence-electron chi connectivity index (χ3n) is 5.38. The highest BCUT2D eigenvalue weighted by Gasteiger charge is 2.27. The summed E-state index contributed by atoms with van der Waals surface area (Å²) in [5, 5.41) is 0. The molecule has 1 saturated heterocycles. The van der Waals surface area contributed by atoms with Crippen LogP contribution in [0.25, 0.3) is 0 Å². The third-order valence-corrected chi connectivity index (χ3v) is 5.38. The summed E-state index contributed by atoms with van der Waals surface area (Å²) in [5.74, 6) is 2.78. The molecule has 0 N–H and O–H groups in total. The average Bonchev–Trinajstić information content (AvgIpc) is 3.49. The first-order valence-corrected chi connectivity index (χ1v) is 9.47. The third kappa shape index (κ3) is 4.15. The van der Waals surface area contributed by atoms with Crippen LogP contribution >= 0.6 is 0 Å². The second-order valence-electron chi connectivity index (χ2n) is 7.36. The highest BCUT2D eigenvalue weighted by Crippen LogP contribution is 2.38. The molecule has 0 unspecified atom stereocenters. The zero-order chi connectivity index (χ0) is 17.1. The van der Waals surface area contributed by atoms with Gasteiger partial charge in [0.05, 0.1) is 5.69 Å². The molecule has 25 heavy (non-hydrogen) atoms. The van der Waals surface area contributed by atoms with Crippen LogP contribution in [0.4, 0.5) is 5.82 Å². The van der Waals surface area contributed by atoms with Crippen LogP contribution in [0.5, 0.6) is 0 Å². The molecule has 1 aliphatic heterocycles. The molecular formula is C20H27N5. The maximum absolute atomic E-state index is 4.83. The lowest BCUT2D eigenvalue weighted by Crippen LogP contribution is -2.33. The topological polar surface area (TPSA) is 45.2 Å². The van der Waals surface area contributed by atoms with Crippen molar-refractivity contribution in [3.63, 3.8) is 0 Å². The molecule has 132 valence electrons. The average molecular weight is 337 g/mol. The summed E-state index contributed by atoms with van der Waals surface area (Å²) in [4.78, 5) is 18.7. The van der Waals surface area contributed by atoms with Crippen molar-refractivity contribution in [1.82, 2.24) is 19.9 Å². The van der Waals surface area contributed by atoms with Crippen LogP contribution in [-0.4, -0.2) is 46.0 Å². The Labute approximate surface area is 150 Å². The van der Waals surface area contributed by atoms with Crippen molar-refractivity contribution in [2.45, 2.75) is 50.6 Å². The van der Waals surface area contributed by atoms with E-state index in [1.54, 1.807) is 0 Å². The summed E-state index contributed by atoms with van der Waals surface area (Å²) < 4.78 is 0. The van der Waals surface area contributed by atoms with Gasteiger partial charge in [-0.25, -0.2) is 9.97 Å². The molecule has 5 heteroatoms. The molecule has 2 aliphatic rings. The Morgan fingerprint density at radius 1 is 1.04 bits per heavy atom. The van der Waals surface area contributed by atoms with Crippen molar-refractivity contribution >= 4 is 5.82 Å². The predicted molar refractivity (Wildman–Crippen MR) is 99.6 cm³/mol. The normalized spacial score (nSPS) is 21.4. The van der Waals surface area contributed by atoms with E-state index in [-0.39, 0.29) is 0 Å². The molecule has 3 heterocycles. The monoisotopic (exact) mass is 337 g/mol. The molecule has 0 aromatic carbocycles. The number of pyridine rings is 1. The summed E-state index contributed by atoms with van der Waals surface area (Å²) in [5.41, 5.74) is 1.15. The Morgan fingerprint density at radius 2 is 1.96 bits per heavy atom. The van der Waals surface area contributed by atoms with Crippen LogP contribution < -0.4 is 4.90 Å². The molecule has 2 fully saturated rings. The first-order chi connectivity index (χ1) is 12.3. The first kappa shape index (κ1) is 16.5. The zero-order valence-electron chi connectivity index (χ0n) is 15.0. The number of hydrogen-bond donors (Lipinski definition) is 0. The standard InChI is InChI=1S/C20H27N5/c1-24(15-17-5-2-3-11-21-17)18-6-4-13-25(14-10-18)19-9-12-22-20(23-19)16-7-8-16/h2-3,5,9,11-12,16,18H,4,6-8,10,13-15H2,1H3/t18-/m1/s1. The summed E-state index contributed by atoms with van der Waals surface area (Å²) in [6.07, 6.45) is 9.94. The molecule has 0 radical (unpaired) electrons. The van der Waals surface area contributed by atoms with Crippen molar-refractivity contribution in [2.24, 2.45) is 0 Å². The van der Waals surface area contributed by atoms with E-state index in [4.69, 9.17) is 4.98 Å². The summed E-state index contributed by atoms with van der Waals surface area (Å²) >= 11 is 0. The van der Waals surface area contributed by atoms with E-state index in [2.05, 4.69) is 45.0 Å². The minimum absolute atomic E-state index is 0.608. The van der Waals surface area contributed by atoms with Crippen molar-refractivity contribution < 1.29 is 0 Å². The van der Waals surface area contributed by atoms with E-state index < -0.39 is 0 Å². The van der Waals surface area contributed by atoms with Crippen LogP contribution in [0.3, 0.4) is 0 Å². The summed E-state index contributed by atoms with van der Waals surface area (Å²) in [6.45, 7) is 3.08.